The van der Waals surface area contributed by atoms with Gasteiger partial charge in [0.15, 0.2) is 0 Å². The molecule has 0 aliphatic rings. The van der Waals surface area contributed by atoms with Gasteiger partial charge in [0.25, 0.3) is 0 Å². The number of aromatic nitrogens is 2. The first-order valence-electron chi connectivity index (χ1n) is 7.43. The second kappa shape index (κ2) is 6.71. The zero-order valence-electron chi connectivity index (χ0n) is 12.8. The fourth-order valence-corrected chi connectivity index (χ4v) is 2.54. The van der Waals surface area contributed by atoms with Crippen molar-refractivity contribution in [2.45, 2.75) is 39.2 Å². The minimum Gasteiger partial charge on any atom is -0.309 e. The van der Waals surface area contributed by atoms with E-state index in [-0.39, 0.29) is 0 Å². The average molecular weight is 271 g/mol. The van der Waals surface area contributed by atoms with Crippen LogP contribution in [0.15, 0.2) is 36.4 Å². The van der Waals surface area contributed by atoms with Crippen molar-refractivity contribution in [2.75, 3.05) is 6.54 Å². The molecule has 1 aromatic carbocycles. The normalized spacial score (nSPS) is 12.8. The average Bonchev–Trinajstić information content (AvgIpc) is 2.77. The van der Waals surface area contributed by atoms with Crippen LogP contribution in [-0.2, 0) is 7.05 Å². The molecule has 0 amide bonds. The predicted octanol–water partition coefficient (Wildman–Crippen LogP) is 3.97. The smallest absolute Gasteiger partial charge is 0.0872 e. The summed E-state index contributed by atoms with van der Waals surface area (Å²) >= 11 is 0. The Morgan fingerprint density at radius 3 is 2.85 bits per heavy atom. The Labute approximate surface area is 121 Å². The van der Waals surface area contributed by atoms with E-state index in [1.165, 1.54) is 16.5 Å². The molecule has 2 rings (SSSR count). The molecule has 1 unspecified atom stereocenters. The number of hydrogen-bond acceptors (Lipinski definition) is 2. The summed E-state index contributed by atoms with van der Waals surface area (Å²) in [5.41, 5.74) is 3.59. The van der Waals surface area contributed by atoms with E-state index in [1.54, 1.807) is 0 Å². The summed E-state index contributed by atoms with van der Waals surface area (Å²) in [5.74, 6) is 0. The lowest BCUT2D eigenvalue weighted by molar-refractivity contribution is 0.485. The van der Waals surface area contributed by atoms with Crippen LogP contribution < -0.4 is 5.32 Å². The summed E-state index contributed by atoms with van der Waals surface area (Å²) in [7, 11) is 2.02. The van der Waals surface area contributed by atoms with Crippen LogP contribution in [0.4, 0.5) is 0 Å². The molecule has 1 atom stereocenters. The minimum absolute atomic E-state index is 0.303. The molecule has 108 valence electrons. The third-order valence-electron chi connectivity index (χ3n) is 3.62. The van der Waals surface area contributed by atoms with Crippen molar-refractivity contribution in [2.24, 2.45) is 7.05 Å². The van der Waals surface area contributed by atoms with E-state index < -0.39 is 0 Å². The van der Waals surface area contributed by atoms with Crippen LogP contribution in [0.3, 0.4) is 0 Å². The van der Waals surface area contributed by atoms with Crippen molar-refractivity contribution in [3.05, 3.63) is 42.1 Å². The van der Waals surface area contributed by atoms with E-state index in [1.807, 2.05) is 11.7 Å². The fourth-order valence-electron chi connectivity index (χ4n) is 2.54. The van der Waals surface area contributed by atoms with E-state index in [0.29, 0.717) is 6.04 Å². The summed E-state index contributed by atoms with van der Waals surface area (Å²) in [6, 6.07) is 8.75. The molecular formula is C17H25N3. The maximum Gasteiger partial charge on any atom is 0.0872 e. The second-order valence-electron chi connectivity index (χ2n) is 5.53. The summed E-state index contributed by atoms with van der Waals surface area (Å²) in [6.45, 7) is 9.32. The van der Waals surface area contributed by atoms with Crippen LogP contribution in [0.2, 0.25) is 0 Å². The van der Waals surface area contributed by atoms with Gasteiger partial charge in [0.05, 0.1) is 17.3 Å². The zero-order valence-corrected chi connectivity index (χ0v) is 12.8. The lowest BCUT2D eigenvalue weighted by atomic mass is 10.0. The van der Waals surface area contributed by atoms with Gasteiger partial charge in [-0.05, 0) is 38.8 Å². The molecule has 0 fully saturated rings. The number of fused-ring (bicyclic) bond motifs is 1. The zero-order chi connectivity index (χ0) is 14.5. The van der Waals surface area contributed by atoms with Gasteiger partial charge in [-0.25, -0.2) is 0 Å². The Kier molecular flexibility index (Phi) is 4.96. The van der Waals surface area contributed by atoms with Gasteiger partial charge in [-0.15, -0.1) is 6.58 Å². The molecule has 0 saturated heterocycles. The number of aryl methyl sites for hydroxylation is 1. The highest BCUT2D eigenvalue weighted by atomic mass is 15.3. The molecule has 3 nitrogen and oxygen atoms in total. The molecule has 0 bridgehead atoms. The quantitative estimate of drug-likeness (QED) is 0.772. The number of nitrogens with one attached hydrogen (secondary N) is 1. The van der Waals surface area contributed by atoms with Gasteiger partial charge in [-0.2, -0.15) is 5.10 Å². The number of hydrogen-bond donors (Lipinski definition) is 1. The molecule has 1 heterocycles. The SMILES string of the molecule is C=C(C)CCC(NCCC)c1nn(C)c2ccccc12. The summed E-state index contributed by atoms with van der Waals surface area (Å²) < 4.78 is 1.98. The Morgan fingerprint density at radius 1 is 1.40 bits per heavy atom. The number of para-hydroxylation sites is 1. The van der Waals surface area contributed by atoms with E-state index in [4.69, 9.17) is 5.10 Å². The third-order valence-corrected chi connectivity index (χ3v) is 3.62. The molecular weight excluding hydrogens is 246 g/mol. The van der Waals surface area contributed by atoms with Crippen LogP contribution in [0.25, 0.3) is 10.9 Å². The van der Waals surface area contributed by atoms with E-state index in [0.717, 1.165) is 31.5 Å². The number of benzene rings is 1. The maximum absolute atomic E-state index is 4.75. The van der Waals surface area contributed by atoms with Crippen LogP contribution in [0, 0.1) is 0 Å². The van der Waals surface area contributed by atoms with Crippen molar-refractivity contribution in [1.82, 2.24) is 15.1 Å². The van der Waals surface area contributed by atoms with Crippen LogP contribution in [0.1, 0.15) is 44.8 Å². The molecule has 0 aliphatic carbocycles. The standard InChI is InChI=1S/C17H25N3/c1-5-12-18-15(11-10-13(2)3)17-14-8-6-7-9-16(14)20(4)19-17/h6-9,15,18H,2,5,10-12H2,1,3-4H3. The van der Waals surface area contributed by atoms with Gasteiger partial charge < -0.3 is 5.32 Å². The molecule has 0 radical (unpaired) electrons. The first-order valence-corrected chi connectivity index (χ1v) is 7.43. The summed E-state index contributed by atoms with van der Waals surface area (Å²) in [6.07, 6.45) is 3.22. The molecule has 0 saturated carbocycles. The first kappa shape index (κ1) is 14.8. The van der Waals surface area contributed by atoms with Gasteiger partial charge in [-0.3, -0.25) is 4.68 Å². The Bertz CT molecular complexity index is 583. The van der Waals surface area contributed by atoms with Gasteiger partial charge in [0.1, 0.15) is 0 Å². The summed E-state index contributed by atoms with van der Waals surface area (Å²) in [4.78, 5) is 0. The maximum atomic E-state index is 4.75. The number of allylic oxidation sites excluding steroid dienone is 1. The van der Waals surface area contributed by atoms with E-state index >= 15 is 0 Å². The van der Waals surface area contributed by atoms with Crippen molar-refractivity contribution < 1.29 is 0 Å². The molecule has 0 aliphatic heterocycles. The first-order chi connectivity index (χ1) is 9.63. The topological polar surface area (TPSA) is 29.9 Å². The molecule has 0 spiro atoms. The van der Waals surface area contributed by atoms with E-state index in [2.05, 4.69) is 50.0 Å². The van der Waals surface area contributed by atoms with Crippen molar-refractivity contribution >= 4 is 10.9 Å². The van der Waals surface area contributed by atoms with Crippen molar-refractivity contribution in [3.8, 4) is 0 Å². The molecule has 1 N–H and O–H groups in total. The van der Waals surface area contributed by atoms with Gasteiger partial charge >= 0.3 is 0 Å². The highest BCUT2D eigenvalue weighted by Crippen LogP contribution is 2.27. The Balaban J connectivity index is 2.31. The minimum atomic E-state index is 0.303. The van der Waals surface area contributed by atoms with Crippen molar-refractivity contribution in [1.29, 1.82) is 0 Å². The largest absolute Gasteiger partial charge is 0.309 e. The lowest BCUT2D eigenvalue weighted by Crippen LogP contribution is -2.23. The van der Waals surface area contributed by atoms with Crippen LogP contribution in [0.5, 0.6) is 0 Å². The van der Waals surface area contributed by atoms with Gasteiger partial charge in [0, 0.05) is 12.4 Å². The Morgan fingerprint density at radius 2 is 2.15 bits per heavy atom. The summed E-state index contributed by atoms with van der Waals surface area (Å²) in [5, 5.41) is 9.63. The third kappa shape index (κ3) is 3.28. The highest BCUT2D eigenvalue weighted by Gasteiger charge is 2.18. The van der Waals surface area contributed by atoms with Crippen molar-refractivity contribution in [3.63, 3.8) is 0 Å². The number of rotatable bonds is 7. The monoisotopic (exact) mass is 271 g/mol. The predicted molar refractivity (Wildman–Crippen MR) is 85.8 cm³/mol. The lowest BCUT2D eigenvalue weighted by Gasteiger charge is -2.17. The van der Waals surface area contributed by atoms with Gasteiger partial charge in [0.2, 0.25) is 0 Å². The highest BCUT2D eigenvalue weighted by molar-refractivity contribution is 5.82. The second-order valence-corrected chi connectivity index (χ2v) is 5.53. The molecule has 2 aromatic rings. The number of nitrogens with zero attached hydrogens (tertiary/aromatic N) is 2. The van der Waals surface area contributed by atoms with Gasteiger partial charge in [-0.1, -0.05) is 30.7 Å². The van der Waals surface area contributed by atoms with Crippen LogP contribution >= 0.6 is 0 Å². The molecule has 1 aromatic heterocycles. The molecule has 3 heteroatoms. The molecule has 20 heavy (non-hydrogen) atoms. The fraction of sp³-hybridized carbons (Fsp3) is 0.471. The Hall–Kier alpha value is -1.61. The van der Waals surface area contributed by atoms with E-state index in [9.17, 15) is 0 Å². The van der Waals surface area contributed by atoms with Crippen LogP contribution in [-0.4, -0.2) is 16.3 Å².